The van der Waals surface area contributed by atoms with Gasteiger partial charge in [0, 0.05) is 12.2 Å². The number of hydrogen-bond acceptors (Lipinski definition) is 5. The van der Waals surface area contributed by atoms with Gasteiger partial charge in [-0.1, -0.05) is 0 Å². The van der Waals surface area contributed by atoms with Gasteiger partial charge in [-0.25, -0.2) is 8.42 Å². The zero-order chi connectivity index (χ0) is 17.0. The molecule has 1 N–H and O–H groups in total. The van der Waals surface area contributed by atoms with Crippen molar-refractivity contribution in [2.75, 3.05) is 26.0 Å². The van der Waals surface area contributed by atoms with Gasteiger partial charge in [0.15, 0.2) is 0 Å². The molecule has 0 saturated heterocycles. The van der Waals surface area contributed by atoms with Gasteiger partial charge in [-0.2, -0.15) is 20.1 Å². The largest absolute Gasteiger partial charge is 0.383 e. The highest BCUT2D eigenvalue weighted by molar-refractivity contribution is 7.91. The Balaban J connectivity index is 2.07. The number of thiophene rings is 1. The van der Waals surface area contributed by atoms with E-state index in [1.807, 2.05) is 19.5 Å². The molecule has 0 unspecified atom stereocenters. The van der Waals surface area contributed by atoms with E-state index in [9.17, 15) is 17.2 Å². The zero-order valence-electron chi connectivity index (χ0n) is 12.7. The van der Waals surface area contributed by atoms with Gasteiger partial charge in [0.2, 0.25) is 9.84 Å². The van der Waals surface area contributed by atoms with Crippen LogP contribution in [0.15, 0.2) is 46.0 Å². The van der Waals surface area contributed by atoms with Crippen LogP contribution in [-0.4, -0.2) is 39.7 Å². The lowest BCUT2D eigenvalue weighted by Gasteiger charge is -2.24. The van der Waals surface area contributed by atoms with Crippen LogP contribution in [0.25, 0.3) is 0 Å². The van der Waals surface area contributed by atoms with Crippen molar-refractivity contribution >= 4 is 26.9 Å². The molecule has 1 aromatic heterocycles. The van der Waals surface area contributed by atoms with Crippen LogP contribution in [0.4, 0.5) is 14.5 Å². The van der Waals surface area contributed by atoms with E-state index in [0.29, 0.717) is 12.2 Å². The van der Waals surface area contributed by atoms with E-state index in [0.717, 1.165) is 0 Å². The van der Waals surface area contributed by atoms with Crippen LogP contribution in [0.2, 0.25) is 0 Å². The fourth-order valence-electron chi connectivity index (χ4n) is 2.14. The van der Waals surface area contributed by atoms with E-state index < -0.39 is 15.6 Å². The van der Waals surface area contributed by atoms with E-state index in [4.69, 9.17) is 0 Å². The standard InChI is InChI=1S/C15H18F2N2O2S2/c1-19(2)14(11-7-8-22-10-11)9-18-12-3-5-13(6-4-12)23(20,21)15(16)17/h3-8,10,14-15,18H,9H2,1-2H3/t14-/m0/s1. The van der Waals surface area contributed by atoms with Gasteiger partial charge in [-0.05, 0) is 60.8 Å². The minimum absolute atomic E-state index is 0.158. The van der Waals surface area contributed by atoms with Crippen LogP contribution in [-0.2, 0) is 9.84 Å². The number of benzene rings is 1. The molecule has 0 spiro atoms. The second-order valence-corrected chi connectivity index (χ2v) is 7.94. The number of nitrogens with one attached hydrogen (secondary N) is 1. The number of anilines is 1. The van der Waals surface area contributed by atoms with Crippen LogP contribution in [0.1, 0.15) is 11.6 Å². The smallest absolute Gasteiger partial charge is 0.341 e. The van der Waals surface area contributed by atoms with Gasteiger partial charge in [0.25, 0.3) is 0 Å². The summed E-state index contributed by atoms with van der Waals surface area (Å²) < 4.78 is 47.7. The fraction of sp³-hybridized carbons (Fsp3) is 0.333. The number of alkyl halides is 2. The van der Waals surface area contributed by atoms with Crippen molar-refractivity contribution in [3.05, 3.63) is 46.7 Å². The van der Waals surface area contributed by atoms with Crippen molar-refractivity contribution in [2.45, 2.75) is 16.7 Å². The monoisotopic (exact) mass is 360 g/mol. The first-order chi connectivity index (χ1) is 10.8. The third kappa shape index (κ3) is 4.27. The first-order valence-corrected chi connectivity index (χ1v) is 9.36. The molecule has 0 aliphatic carbocycles. The second kappa shape index (κ2) is 7.37. The summed E-state index contributed by atoms with van der Waals surface area (Å²) in [6.07, 6.45) is 0. The van der Waals surface area contributed by atoms with Gasteiger partial charge in [-0.3, -0.25) is 0 Å². The number of hydrogen-bond donors (Lipinski definition) is 1. The average Bonchev–Trinajstić information content (AvgIpc) is 3.01. The van der Waals surface area contributed by atoms with E-state index >= 15 is 0 Å². The first kappa shape index (κ1) is 17.8. The molecule has 0 aliphatic rings. The van der Waals surface area contributed by atoms with Crippen LogP contribution in [0.5, 0.6) is 0 Å². The predicted molar refractivity (Wildman–Crippen MR) is 88.9 cm³/mol. The Kier molecular flexibility index (Phi) is 5.72. The molecule has 1 atom stereocenters. The minimum atomic E-state index is -4.54. The quantitative estimate of drug-likeness (QED) is 0.822. The first-order valence-electron chi connectivity index (χ1n) is 6.87. The Morgan fingerprint density at radius 1 is 1.17 bits per heavy atom. The summed E-state index contributed by atoms with van der Waals surface area (Å²) in [6.45, 7) is 0.616. The summed E-state index contributed by atoms with van der Waals surface area (Å²) in [6, 6.07) is 7.59. The molecule has 0 saturated carbocycles. The fourth-order valence-corrected chi connectivity index (χ4v) is 3.57. The average molecular weight is 360 g/mol. The molecule has 126 valence electrons. The van der Waals surface area contributed by atoms with Crippen LogP contribution in [0, 0.1) is 0 Å². The van der Waals surface area contributed by atoms with E-state index in [-0.39, 0.29) is 10.9 Å². The maximum atomic E-state index is 12.5. The van der Waals surface area contributed by atoms with E-state index in [1.54, 1.807) is 11.3 Å². The zero-order valence-corrected chi connectivity index (χ0v) is 14.4. The Labute approximate surface area is 138 Å². The maximum Gasteiger partial charge on any atom is 0.341 e. The minimum Gasteiger partial charge on any atom is -0.383 e. The van der Waals surface area contributed by atoms with Crippen molar-refractivity contribution < 1.29 is 17.2 Å². The molecule has 1 heterocycles. The van der Waals surface area contributed by atoms with Gasteiger partial charge >= 0.3 is 5.76 Å². The van der Waals surface area contributed by atoms with Crippen LogP contribution in [0.3, 0.4) is 0 Å². The lowest BCUT2D eigenvalue weighted by atomic mass is 10.1. The topological polar surface area (TPSA) is 49.4 Å². The maximum absolute atomic E-state index is 12.5. The summed E-state index contributed by atoms with van der Waals surface area (Å²) >= 11 is 1.62. The number of halogens is 2. The summed E-state index contributed by atoms with van der Waals surface area (Å²) in [5, 5.41) is 7.29. The third-order valence-corrected chi connectivity index (χ3v) is 5.57. The number of rotatable bonds is 7. The molecule has 0 fully saturated rings. The highest BCUT2D eigenvalue weighted by atomic mass is 32.2. The summed E-state index contributed by atoms with van der Waals surface area (Å²) in [5.74, 6) is -3.40. The third-order valence-electron chi connectivity index (χ3n) is 3.47. The van der Waals surface area contributed by atoms with Crippen molar-refractivity contribution in [3.8, 4) is 0 Å². The molecule has 0 aliphatic heterocycles. The van der Waals surface area contributed by atoms with Gasteiger partial charge in [0.1, 0.15) is 0 Å². The summed E-state index contributed by atoms with van der Waals surface area (Å²) in [4.78, 5) is 1.70. The van der Waals surface area contributed by atoms with Crippen LogP contribution < -0.4 is 5.32 Å². The Morgan fingerprint density at radius 3 is 2.30 bits per heavy atom. The Hall–Kier alpha value is -1.51. The van der Waals surface area contributed by atoms with Crippen molar-refractivity contribution in [2.24, 2.45) is 0 Å². The normalized spacial score (nSPS) is 13.5. The Morgan fingerprint density at radius 2 is 1.83 bits per heavy atom. The highest BCUT2D eigenvalue weighted by Crippen LogP contribution is 2.23. The van der Waals surface area contributed by atoms with E-state index in [2.05, 4.69) is 21.7 Å². The molecule has 4 nitrogen and oxygen atoms in total. The van der Waals surface area contributed by atoms with Crippen molar-refractivity contribution in [1.82, 2.24) is 4.90 Å². The molecule has 0 bridgehead atoms. The lowest BCUT2D eigenvalue weighted by Crippen LogP contribution is -2.26. The van der Waals surface area contributed by atoms with E-state index in [1.165, 1.54) is 29.8 Å². The molecule has 0 amide bonds. The number of sulfone groups is 1. The molecule has 1 aromatic carbocycles. The van der Waals surface area contributed by atoms with Crippen LogP contribution >= 0.6 is 11.3 Å². The summed E-state index contributed by atoms with van der Waals surface area (Å²) in [7, 11) is -0.593. The Bertz CT molecular complexity index is 714. The molecule has 2 rings (SSSR count). The predicted octanol–water partition coefficient (Wildman–Crippen LogP) is 3.46. The summed E-state index contributed by atoms with van der Waals surface area (Å²) in [5.41, 5.74) is 1.87. The highest BCUT2D eigenvalue weighted by Gasteiger charge is 2.26. The molecular formula is C15H18F2N2O2S2. The van der Waals surface area contributed by atoms with Crippen molar-refractivity contribution in [1.29, 1.82) is 0 Å². The SMILES string of the molecule is CN(C)[C@@H](CNc1ccc(S(=O)(=O)C(F)F)cc1)c1ccsc1. The number of nitrogens with zero attached hydrogens (tertiary/aromatic N) is 1. The molecule has 0 radical (unpaired) electrons. The molecule has 2 aromatic rings. The van der Waals surface area contributed by atoms with Gasteiger partial charge < -0.3 is 10.2 Å². The molecule has 23 heavy (non-hydrogen) atoms. The molecule has 8 heteroatoms. The molecular weight excluding hydrogens is 342 g/mol. The van der Waals surface area contributed by atoms with Crippen molar-refractivity contribution in [3.63, 3.8) is 0 Å². The van der Waals surface area contributed by atoms with Gasteiger partial charge in [-0.15, -0.1) is 0 Å². The number of likely N-dealkylation sites (N-methyl/N-ethyl adjacent to an activating group) is 1. The van der Waals surface area contributed by atoms with Gasteiger partial charge in [0.05, 0.1) is 10.9 Å². The second-order valence-electron chi connectivity index (χ2n) is 5.25. The lowest BCUT2D eigenvalue weighted by molar-refractivity contribution is 0.234.